The first-order valence-electron chi connectivity index (χ1n) is 6.96. The highest BCUT2D eigenvalue weighted by atomic mass is 35.5. The van der Waals surface area contributed by atoms with Gasteiger partial charge in [-0.25, -0.2) is 0 Å². The van der Waals surface area contributed by atoms with Gasteiger partial charge >= 0.3 is 0 Å². The molecule has 0 aliphatic carbocycles. The molecule has 0 saturated carbocycles. The largest absolute Gasteiger partial charge is 0.459 e. The van der Waals surface area contributed by atoms with E-state index in [-0.39, 0.29) is 0 Å². The highest BCUT2D eigenvalue weighted by Crippen LogP contribution is 2.31. The molecule has 1 heterocycles. The van der Waals surface area contributed by atoms with Gasteiger partial charge < -0.3 is 9.73 Å². The molecule has 0 aliphatic rings. The third kappa shape index (κ3) is 3.46. The second-order valence-electron chi connectivity index (χ2n) is 5.11. The van der Waals surface area contributed by atoms with E-state index in [9.17, 15) is 0 Å². The number of hydrogen-bond donors (Lipinski definition) is 1. The van der Waals surface area contributed by atoms with Crippen molar-refractivity contribution in [1.29, 1.82) is 0 Å². The maximum atomic E-state index is 6.20. The number of aryl methyl sites for hydroxylation is 1. The second-order valence-corrected chi connectivity index (χ2v) is 5.96. The average molecular weight is 332 g/mol. The van der Waals surface area contributed by atoms with Gasteiger partial charge in [-0.2, -0.15) is 0 Å². The van der Waals surface area contributed by atoms with Crippen LogP contribution in [0.3, 0.4) is 0 Å². The molecule has 2 nitrogen and oxygen atoms in total. The van der Waals surface area contributed by atoms with Crippen LogP contribution in [0.4, 0.5) is 5.69 Å². The zero-order valence-electron chi connectivity index (χ0n) is 12.1. The van der Waals surface area contributed by atoms with Gasteiger partial charge in [0.2, 0.25) is 0 Å². The molecule has 0 amide bonds. The number of rotatable bonds is 4. The topological polar surface area (TPSA) is 25.2 Å². The first kappa shape index (κ1) is 15.0. The van der Waals surface area contributed by atoms with E-state index in [1.165, 1.54) is 5.56 Å². The molecule has 0 fully saturated rings. The number of halogens is 2. The van der Waals surface area contributed by atoms with Gasteiger partial charge in [-0.15, -0.1) is 0 Å². The zero-order chi connectivity index (χ0) is 15.5. The molecule has 0 saturated heterocycles. The third-order valence-electron chi connectivity index (χ3n) is 3.34. The van der Waals surface area contributed by atoms with Crippen molar-refractivity contribution in [2.45, 2.75) is 13.5 Å². The molecule has 2 aromatic carbocycles. The van der Waals surface area contributed by atoms with Crippen LogP contribution < -0.4 is 5.32 Å². The molecule has 3 rings (SSSR count). The lowest BCUT2D eigenvalue weighted by atomic mass is 10.2. The smallest absolute Gasteiger partial charge is 0.135 e. The molecule has 4 heteroatoms. The van der Waals surface area contributed by atoms with E-state index in [1.807, 2.05) is 24.3 Å². The van der Waals surface area contributed by atoms with Crippen molar-refractivity contribution in [2.75, 3.05) is 5.32 Å². The Labute approximate surface area is 139 Å². The predicted octanol–water partition coefficient (Wildman–Crippen LogP) is 6.17. The molecule has 22 heavy (non-hydrogen) atoms. The SMILES string of the molecule is Cc1cccc(NCc2ccc(-c3cc(Cl)ccc3Cl)o2)c1. The van der Waals surface area contributed by atoms with E-state index in [0.717, 1.165) is 17.0 Å². The summed E-state index contributed by atoms with van der Waals surface area (Å²) in [6.07, 6.45) is 0. The van der Waals surface area contributed by atoms with E-state index >= 15 is 0 Å². The van der Waals surface area contributed by atoms with E-state index < -0.39 is 0 Å². The number of nitrogens with one attached hydrogen (secondary N) is 1. The van der Waals surface area contributed by atoms with Crippen LogP contribution >= 0.6 is 23.2 Å². The molecule has 1 N–H and O–H groups in total. The fraction of sp³-hybridized carbons (Fsp3) is 0.111. The summed E-state index contributed by atoms with van der Waals surface area (Å²) in [5.41, 5.74) is 3.09. The summed E-state index contributed by atoms with van der Waals surface area (Å²) < 4.78 is 5.85. The Kier molecular flexibility index (Phi) is 4.41. The van der Waals surface area contributed by atoms with Crippen molar-refractivity contribution in [2.24, 2.45) is 0 Å². The van der Waals surface area contributed by atoms with Crippen LogP contribution in [-0.4, -0.2) is 0 Å². The molecule has 0 atom stereocenters. The second kappa shape index (κ2) is 6.47. The maximum Gasteiger partial charge on any atom is 0.135 e. The Morgan fingerprint density at radius 2 is 1.86 bits per heavy atom. The minimum Gasteiger partial charge on any atom is -0.459 e. The minimum absolute atomic E-state index is 0.613. The summed E-state index contributed by atoms with van der Waals surface area (Å²) >= 11 is 12.2. The number of hydrogen-bond acceptors (Lipinski definition) is 2. The lowest BCUT2D eigenvalue weighted by molar-refractivity contribution is 0.531. The molecular weight excluding hydrogens is 317 g/mol. The first-order chi connectivity index (χ1) is 10.6. The van der Waals surface area contributed by atoms with Gasteiger partial charge in [0.15, 0.2) is 0 Å². The lowest BCUT2D eigenvalue weighted by Crippen LogP contribution is -1.97. The Bertz CT molecular complexity index is 795. The van der Waals surface area contributed by atoms with E-state index in [2.05, 4.69) is 24.4 Å². The van der Waals surface area contributed by atoms with Crippen LogP contribution in [0, 0.1) is 6.92 Å². The van der Waals surface area contributed by atoms with Gasteiger partial charge in [0.05, 0.1) is 11.6 Å². The first-order valence-corrected chi connectivity index (χ1v) is 7.72. The van der Waals surface area contributed by atoms with Crippen molar-refractivity contribution >= 4 is 28.9 Å². The van der Waals surface area contributed by atoms with Gasteiger partial charge in [0, 0.05) is 16.3 Å². The quantitative estimate of drug-likeness (QED) is 0.618. The molecule has 0 spiro atoms. The zero-order valence-corrected chi connectivity index (χ0v) is 13.6. The summed E-state index contributed by atoms with van der Waals surface area (Å²) in [6, 6.07) is 17.4. The monoisotopic (exact) mass is 331 g/mol. The molecule has 1 aromatic heterocycles. The summed E-state index contributed by atoms with van der Waals surface area (Å²) in [5, 5.41) is 4.60. The Morgan fingerprint density at radius 1 is 1.00 bits per heavy atom. The van der Waals surface area contributed by atoms with Crippen LogP contribution in [0.2, 0.25) is 10.0 Å². The molecule has 0 bridgehead atoms. The van der Waals surface area contributed by atoms with Crippen molar-refractivity contribution < 1.29 is 4.42 Å². The van der Waals surface area contributed by atoms with Crippen LogP contribution in [0.15, 0.2) is 59.0 Å². The summed E-state index contributed by atoms with van der Waals surface area (Å²) in [5.74, 6) is 1.56. The standard InChI is InChI=1S/C18H15Cl2NO/c1-12-3-2-4-14(9-12)21-11-15-6-8-18(22-15)16-10-13(19)5-7-17(16)20/h2-10,21H,11H2,1H3. The summed E-state index contributed by atoms with van der Waals surface area (Å²) in [6.45, 7) is 2.68. The number of anilines is 1. The van der Waals surface area contributed by atoms with Crippen LogP contribution in [0.1, 0.15) is 11.3 Å². The maximum absolute atomic E-state index is 6.20. The third-order valence-corrected chi connectivity index (χ3v) is 3.91. The highest BCUT2D eigenvalue weighted by molar-refractivity contribution is 6.35. The van der Waals surface area contributed by atoms with Crippen molar-refractivity contribution in [1.82, 2.24) is 0 Å². The van der Waals surface area contributed by atoms with E-state index in [0.29, 0.717) is 22.4 Å². The van der Waals surface area contributed by atoms with E-state index in [1.54, 1.807) is 18.2 Å². The van der Waals surface area contributed by atoms with Crippen LogP contribution in [0.25, 0.3) is 11.3 Å². The predicted molar refractivity (Wildman–Crippen MR) is 92.7 cm³/mol. The van der Waals surface area contributed by atoms with Gasteiger partial charge in [-0.05, 0) is 55.0 Å². The molecular formula is C18H15Cl2NO. The Morgan fingerprint density at radius 3 is 2.68 bits per heavy atom. The number of furan rings is 1. The molecule has 112 valence electrons. The summed E-state index contributed by atoms with van der Waals surface area (Å²) in [7, 11) is 0. The normalized spacial score (nSPS) is 10.7. The van der Waals surface area contributed by atoms with Gasteiger partial charge in [-0.3, -0.25) is 0 Å². The molecule has 0 radical (unpaired) electrons. The van der Waals surface area contributed by atoms with Crippen molar-refractivity contribution in [3.8, 4) is 11.3 Å². The van der Waals surface area contributed by atoms with Crippen LogP contribution in [-0.2, 0) is 6.54 Å². The fourth-order valence-corrected chi connectivity index (χ4v) is 2.63. The Hall–Kier alpha value is -1.90. The Balaban J connectivity index is 1.75. The molecule has 0 aliphatic heterocycles. The highest BCUT2D eigenvalue weighted by Gasteiger charge is 2.09. The van der Waals surface area contributed by atoms with Gasteiger partial charge in [-0.1, -0.05) is 35.3 Å². The molecule has 0 unspecified atom stereocenters. The van der Waals surface area contributed by atoms with Crippen molar-refractivity contribution in [3.63, 3.8) is 0 Å². The lowest BCUT2D eigenvalue weighted by Gasteiger charge is -2.05. The minimum atomic E-state index is 0.613. The number of benzene rings is 2. The fourth-order valence-electron chi connectivity index (χ4n) is 2.25. The van der Waals surface area contributed by atoms with Crippen molar-refractivity contribution in [3.05, 3.63) is 76.0 Å². The van der Waals surface area contributed by atoms with Gasteiger partial charge in [0.1, 0.15) is 11.5 Å². The molecule has 3 aromatic rings. The van der Waals surface area contributed by atoms with Crippen LogP contribution in [0.5, 0.6) is 0 Å². The van der Waals surface area contributed by atoms with Gasteiger partial charge in [0.25, 0.3) is 0 Å². The summed E-state index contributed by atoms with van der Waals surface area (Å²) in [4.78, 5) is 0. The average Bonchev–Trinajstić information content (AvgIpc) is 2.96. The van der Waals surface area contributed by atoms with E-state index in [4.69, 9.17) is 27.6 Å².